The highest BCUT2D eigenvalue weighted by Crippen LogP contribution is 2.65. The molecule has 1 N–H and O–H groups in total. The van der Waals surface area contributed by atoms with E-state index < -0.39 is 25.8 Å². The molecule has 0 amide bonds. The maximum absolute atomic E-state index is 13.5. The van der Waals surface area contributed by atoms with Gasteiger partial charge in [-0.1, -0.05) is 48.4 Å². The fourth-order valence-corrected chi connectivity index (χ4v) is 11.2. The third kappa shape index (κ3) is 3.88. The molecule has 3 unspecified atom stereocenters. The first-order valence-corrected chi connectivity index (χ1v) is 14.7. The van der Waals surface area contributed by atoms with Gasteiger partial charge in [0.1, 0.15) is 11.5 Å². The van der Waals surface area contributed by atoms with Crippen LogP contribution in [-0.4, -0.2) is 31.3 Å². The van der Waals surface area contributed by atoms with Gasteiger partial charge in [-0.3, -0.25) is 4.79 Å². The predicted octanol–water partition coefficient (Wildman–Crippen LogP) is 5.35. The molecule has 0 aromatic heterocycles. The molecule has 2 fully saturated rings. The highest BCUT2D eigenvalue weighted by atomic mass is 32.3. The van der Waals surface area contributed by atoms with Crippen LogP contribution >= 0.6 is 10.3 Å². The van der Waals surface area contributed by atoms with Crippen LogP contribution in [0.3, 0.4) is 0 Å². The molecule has 7 heteroatoms. The van der Waals surface area contributed by atoms with Crippen molar-refractivity contribution in [3.05, 3.63) is 59.7 Å². The number of carbonyl (C=O) groups is 1. The van der Waals surface area contributed by atoms with Gasteiger partial charge in [-0.2, -0.15) is 8.42 Å². The Morgan fingerprint density at radius 1 is 1.09 bits per heavy atom. The summed E-state index contributed by atoms with van der Waals surface area (Å²) in [7, 11) is -6.30. The molecule has 0 heterocycles. The number of fused-ring (bicyclic) bond motifs is 2. The molecule has 2 aliphatic rings. The lowest BCUT2D eigenvalue weighted by atomic mass is 9.70. The SMILES string of the molecule is Cc1ccccc1CS(C)(OS(=O)(=O)CC12CCC(CC1=O)C2(C)C)c1ccc(O)cc1. The smallest absolute Gasteiger partial charge is 0.277 e. The van der Waals surface area contributed by atoms with E-state index in [-0.39, 0.29) is 28.6 Å². The number of phenolic OH excluding ortho intramolecular Hbond substituents is 1. The Bertz CT molecular complexity index is 1140. The van der Waals surface area contributed by atoms with Gasteiger partial charge in [0, 0.05) is 17.1 Å². The Hall–Kier alpha value is -1.83. The largest absolute Gasteiger partial charge is 0.508 e. The summed E-state index contributed by atoms with van der Waals surface area (Å²) in [5.74, 6) is 0.579. The molecule has 4 rings (SSSR count). The Labute approximate surface area is 192 Å². The lowest BCUT2D eigenvalue weighted by Gasteiger charge is -2.39. The first-order chi connectivity index (χ1) is 14.9. The van der Waals surface area contributed by atoms with Gasteiger partial charge in [-0.15, -0.1) is 0 Å². The van der Waals surface area contributed by atoms with Crippen LogP contribution in [0.15, 0.2) is 53.4 Å². The number of ketones is 1. The van der Waals surface area contributed by atoms with E-state index in [0.717, 1.165) is 22.4 Å². The van der Waals surface area contributed by atoms with Gasteiger partial charge < -0.3 is 5.11 Å². The monoisotopic (exact) mass is 476 g/mol. The van der Waals surface area contributed by atoms with Crippen LogP contribution in [-0.2, 0) is 24.3 Å². The molecule has 3 atom stereocenters. The van der Waals surface area contributed by atoms with Gasteiger partial charge in [-0.25, -0.2) is 3.63 Å². The number of Topliss-reactive ketones (excluding diaryl/α,β-unsaturated/α-hetero) is 1. The number of aryl methyl sites for hydroxylation is 1. The number of phenols is 1. The number of carbonyl (C=O) groups excluding carboxylic acids is 1. The van der Waals surface area contributed by atoms with Gasteiger partial charge in [0.15, 0.2) is 0 Å². The molecular weight excluding hydrogens is 444 g/mol. The predicted molar refractivity (Wildman–Crippen MR) is 128 cm³/mol. The van der Waals surface area contributed by atoms with Crippen molar-refractivity contribution in [1.29, 1.82) is 0 Å². The molecule has 2 aromatic rings. The fraction of sp³-hybridized carbons (Fsp3) is 0.480. The van der Waals surface area contributed by atoms with Crippen LogP contribution in [0.25, 0.3) is 0 Å². The molecule has 0 radical (unpaired) electrons. The van der Waals surface area contributed by atoms with Crippen molar-refractivity contribution in [3.8, 4) is 5.75 Å². The molecule has 5 nitrogen and oxygen atoms in total. The van der Waals surface area contributed by atoms with E-state index in [0.29, 0.717) is 18.6 Å². The zero-order valence-corrected chi connectivity index (χ0v) is 20.8. The summed E-state index contributed by atoms with van der Waals surface area (Å²) < 4.78 is 33.1. The molecule has 2 saturated carbocycles. The van der Waals surface area contributed by atoms with Crippen LogP contribution in [0.4, 0.5) is 0 Å². The molecule has 2 aliphatic carbocycles. The number of hydrogen-bond acceptors (Lipinski definition) is 5. The minimum absolute atomic E-state index is 0.0613. The second kappa shape index (κ2) is 7.89. The van der Waals surface area contributed by atoms with Gasteiger partial charge >= 0.3 is 0 Å². The van der Waals surface area contributed by atoms with Crippen LogP contribution in [0.1, 0.15) is 44.2 Å². The third-order valence-electron chi connectivity index (χ3n) is 7.84. The topological polar surface area (TPSA) is 80.7 Å². The summed E-state index contributed by atoms with van der Waals surface area (Å²) >= 11 is 0. The molecule has 0 saturated heterocycles. The summed E-state index contributed by atoms with van der Waals surface area (Å²) in [6.45, 7) is 6.06. The van der Waals surface area contributed by atoms with Crippen LogP contribution in [0.2, 0.25) is 0 Å². The van der Waals surface area contributed by atoms with E-state index in [1.54, 1.807) is 24.3 Å². The average molecular weight is 477 g/mol. The molecular formula is C25H32O5S2. The zero-order chi connectivity index (χ0) is 23.4. The molecule has 32 heavy (non-hydrogen) atoms. The standard InChI is InChI=1S/C25H32O5S2/c1-18-7-5-6-8-19(18)16-31(4,22-11-9-21(26)10-12-22)30-32(28,29)17-25-14-13-20(15-23(25)27)24(25,2)3/h5-12,20,26H,13-17H2,1-4H3. The third-order valence-corrected chi connectivity index (χ3v) is 12.9. The minimum Gasteiger partial charge on any atom is -0.508 e. The van der Waals surface area contributed by atoms with Gasteiger partial charge in [0.05, 0.1) is 11.2 Å². The quantitative estimate of drug-likeness (QED) is 0.583. The number of hydrogen-bond donors (Lipinski definition) is 1. The maximum atomic E-state index is 13.5. The lowest BCUT2D eigenvalue weighted by Crippen LogP contribution is -2.42. The summed E-state index contributed by atoms with van der Waals surface area (Å²) in [5.41, 5.74) is 0.870. The molecule has 0 aliphatic heterocycles. The van der Waals surface area contributed by atoms with Gasteiger partial charge in [0.2, 0.25) is 0 Å². The summed E-state index contributed by atoms with van der Waals surface area (Å²) in [5, 5.41) is 9.75. The van der Waals surface area contributed by atoms with Crippen molar-refractivity contribution in [2.75, 3.05) is 12.0 Å². The van der Waals surface area contributed by atoms with Crippen LogP contribution in [0.5, 0.6) is 5.75 Å². The van der Waals surface area contributed by atoms with E-state index in [1.807, 2.05) is 51.3 Å². The van der Waals surface area contributed by atoms with Crippen molar-refractivity contribution in [2.24, 2.45) is 16.7 Å². The second-order valence-corrected chi connectivity index (χ2v) is 14.7. The van der Waals surface area contributed by atoms with E-state index in [9.17, 15) is 18.3 Å². The highest BCUT2D eigenvalue weighted by Gasteiger charge is 2.65. The Kier molecular flexibility index (Phi) is 5.75. The van der Waals surface area contributed by atoms with Crippen molar-refractivity contribution >= 4 is 26.2 Å². The van der Waals surface area contributed by atoms with Gasteiger partial charge in [-0.05, 0) is 72.7 Å². The van der Waals surface area contributed by atoms with Crippen molar-refractivity contribution in [2.45, 2.75) is 50.7 Å². The Morgan fingerprint density at radius 2 is 1.75 bits per heavy atom. The fourth-order valence-electron chi connectivity index (χ4n) is 5.61. The highest BCUT2D eigenvalue weighted by molar-refractivity contribution is 8.31. The normalized spacial score (nSPS) is 27.2. The van der Waals surface area contributed by atoms with Crippen molar-refractivity contribution < 1.29 is 21.9 Å². The van der Waals surface area contributed by atoms with E-state index in [2.05, 4.69) is 0 Å². The molecule has 174 valence electrons. The maximum Gasteiger partial charge on any atom is 0.277 e. The Morgan fingerprint density at radius 3 is 2.31 bits per heavy atom. The summed E-state index contributed by atoms with van der Waals surface area (Å²) in [4.78, 5) is 13.7. The summed E-state index contributed by atoms with van der Waals surface area (Å²) in [6.07, 6.45) is 3.81. The Balaban J connectivity index is 1.70. The second-order valence-electron chi connectivity index (χ2n) is 10.0. The average Bonchev–Trinajstić information content (AvgIpc) is 3.03. The molecule has 0 spiro atoms. The van der Waals surface area contributed by atoms with Crippen LogP contribution < -0.4 is 0 Å². The number of benzene rings is 2. The summed E-state index contributed by atoms with van der Waals surface area (Å²) in [6, 6.07) is 14.4. The van der Waals surface area contributed by atoms with E-state index in [4.69, 9.17) is 3.63 Å². The van der Waals surface area contributed by atoms with Crippen LogP contribution in [0, 0.1) is 23.7 Å². The van der Waals surface area contributed by atoms with E-state index in [1.165, 1.54) is 0 Å². The van der Waals surface area contributed by atoms with Crippen molar-refractivity contribution in [1.82, 2.24) is 0 Å². The first-order valence-electron chi connectivity index (χ1n) is 11.0. The van der Waals surface area contributed by atoms with Crippen molar-refractivity contribution in [3.63, 3.8) is 0 Å². The van der Waals surface area contributed by atoms with Gasteiger partial charge in [0.25, 0.3) is 10.1 Å². The molecule has 2 aromatic carbocycles. The van der Waals surface area contributed by atoms with E-state index >= 15 is 0 Å². The zero-order valence-electron chi connectivity index (χ0n) is 19.1. The minimum atomic E-state index is -4.01. The number of aromatic hydroxyl groups is 1. The molecule has 2 bridgehead atoms. The lowest BCUT2D eigenvalue weighted by molar-refractivity contribution is -0.128. The first kappa shape index (κ1) is 23.3. The number of rotatable bonds is 7.